The number of nitrogens with one attached hydrogen (secondary N) is 2. The minimum absolute atomic E-state index is 0.0526. The molecule has 0 atom stereocenters. The predicted molar refractivity (Wildman–Crippen MR) is 86.9 cm³/mol. The van der Waals surface area contributed by atoms with Gasteiger partial charge in [0.1, 0.15) is 0 Å². The van der Waals surface area contributed by atoms with Gasteiger partial charge in [-0.1, -0.05) is 0 Å². The van der Waals surface area contributed by atoms with Crippen LogP contribution in [-0.2, 0) is 14.8 Å². The summed E-state index contributed by atoms with van der Waals surface area (Å²) in [5.41, 5.74) is 3.17. The van der Waals surface area contributed by atoms with Crippen molar-refractivity contribution in [1.82, 2.24) is 10.1 Å². The molecule has 9 nitrogen and oxygen atoms in total. The van der Waals surface area contributed by atoms with E-state index in [0.29, 0.717) is 0 Å². The summed E-state index contributed by atoms with van der Waals surface area (Å²) in [4.78, 5) is 21.5. The molecule has 0 heterocycles. The van der Waals surface area contributed by atoms with Gasteiger partial charge in [0.05, 0.1) is 9.82 Å². The Morgan fingerprint density at radius 3 is 2.42 bits per heavy atom. The van der Waals surface area contributed by atoms with E-state index in [1.165, 1.54) is 0 Å². The minimum atomic E-state index is -3.82. The highest BCUT2D eigenvalue weighted by Crippen LogP contribution is 2.15. The highest BCUT2D eigenvalue weighted by atomic mass is 32.2. The molecule has 1 aromatic rings. The van der Waals surface area contributed by atoms with Crippen molar-refractivity contribution in [3.8, 4) is 0 Å². The number of sulfonamides is 1. The number of nitro groups is 1. The first kappa shape index (κ1) is 18.0. The van der Waals surface area contributed by atoms with E-state index in [-0.39, 0.29) is 29.5 Å². The van der Waals surface area contributed by atoms with Gasteiger partial charge in [0.2, 0.25) is 15.9 Å². The lowest BCUT2D eigenvalue weighted by Crippen LogP contribution is -2.29. The predicted octanol–water partition coefficient (Wildman–Crippen LogP) is 1.31. The first-order valence-corrected chi connectivity index (χ1v) is 8.95. The molecule has 2 N–H and O–H groups in total. The number of rotatable bonds is 7. The zero-order chi connectivity index (χ0) is 17.6. The summed E-state index contributed by atoms with van der Waals surface area (Å²) in [7, 11) is -3.82. The van der Waals surface area contributed by atoms with Gasteiger partial charge in [0, 0.05) is 30.8 Å². The summed E-state index contributed by atoms with van der Waals surface area (Å²) >= 11 is 0. The van der Waals surface area contributed by atoms with E-state index < -0.39 is 14.9 Å². The summed E-state index contributed by atoms with van der Waals surface area (Å²) in [5, 5.41) is 14.5. The Kier molecular flexibility index (Phi) is 5.99. The van der Waals surface area contributed by atoms with Crippen LogP contribution < -0.4 is 10.1 Å². The van der Waals surface area contributed by atoms with E-state index in [9.17, 15) is 23.3 Å². The van der Waals surface area contributed by atoms with Gasteiger partial charge in [0.25, 0.3) is 5.69 Å². The molecule has 24 heavy (non-hydrogen) atoms. The van der Waals surface area contributed by atoms with Crippen LogP contribution in [-0.4, -0.2) is 31.5 Å². The summed E-state index contributed by atoms with van der Waals surface area (Å²) in [5.74, 6) is -0.374. The van der Waals surface area contributed by atoms with Crippen molar-refractivity contribution < 1.29 is 18.1 Å². The molecule has 0 aromatic heterocycles. The first-order valence-electron chi connectivity index (χ1n) is 7.47. The lowest BCUT2D eigenvalue weighted by molar-refractivity contribution is -0.384. The Hall–Kier alpha value is -2.33. The summed E-state index contributed by atoms with van der Waals surface area (Å²) in [6, 6.07) is 4.51. The molecule has 130 valence electrons. The van der Waals surface area contributed by atoms with Crippen molar-refractivity contribution in [3.63, 3.8) is 0 Å². The van der Waals surface area contributed by atoms with Crippen LogP contribution >= 0.6 is 0 Å². The topological polar surface area (TPSA) is 131 Å². The third-order valence-corrected chi connectivity index (χ3v) is 5.00. The maximum absolute atomic E-state index is 12.0. The number of hydrogen-bond acceptors (Lipinski definition) is 6. The Balaban J connectivity index is 1.82. The first-order chi connectivity index (χ1) is 11.4. The molecule has 0 unspecified atom stereocenters. The molecule has 0 aliphatic heterocycles. The van der Waals surface area contributed by atoms with Crippen molar-refractivity contribution >= 4 is 27.3 Å². The van der Waals surface area contributed by atoms with Gasteiger partial charge in [-0.05, 0) is 37.8 Å². The van der Waals surface area contributed by atoms with E-state index >= 15 is 0 Å². The normalized spacial score (nSPS) is 14.4. The van der Waals surface area contributed by atoms with Crippen molar-refractivity contribution in [3.05, 3.63) is 34.4 Å². The average Bonchev–Trinajstić information content (AvgIpc) is 3.06. The molecule has 0 bridgehead atoms. The molecular weight excluding hydrogens is 336 g/mol. The monoisotopic (exact) mass is 354 g/mol. The number of hydrazone groups is 1. The zero-order valence-electron chi connectivity index (χ0n) is 12.9. The van der Waals surface area contributed by atoms with E-state index in [4.69, 9.17) is 0 Å². The molecule has 0 spiro atoms. The highest BCUT2D eigenvalue weighted by molar-refractivity contribution is 7.89. The molecule has 0 radical (unpaired) electrons. The van der Waals surface area contributed by atoms with Gasteiger partial charge >= 0.3 is 0 Å². The van der Waals surface area contributed by atoms with Crippen LogP contribution in [0.4, 0.5) is 5.69 Å². The van der Waals surface area contributed by atoms with Gasteiger partial charge in [-0.25, -0.2) is 18.6 Å². The Bertz CT molecular complexity index is 735. The molecule has 10 heteroatoms. The molecule has 1 saturated carbocycles. The SMILES string of the molecule is O=C(CCNS(=O)(=O)c1ccc([N+](=O)[O-])cc1)NN=C1CCCC1. The minimum Gasteiger partial charge on any atom is -0.273 e. The Morgan fingerprint density at radius 2 is 1.83 bits per heavy atom. The second kappa shape index (κ2) is 7.97. The lowest BCUT2D eigenvalue weighted by atomic mass is 10.3. The maximum Gasteiger partial charge on any atom is 0.269 e. The number of nitrogens with zero attached hydrogens (tertiary/aromatic N) is 2. The van der Waals surface area contributed by atoms with Gasteiger partial charge in [-0.2, -0.15) is 5.10 Å². The van der Waals surface area contributed by atoms with E-state index in [0.717, 1.165) is 55.7 Å². The third-order valence-electron chi connectivity index (χ3n) is 3.52. The number of carbonyl (C=O) groups excluding carboxylic acids is 1. The second-order valence-corrected chi connectivity index (χ2v) is 7.09. The van der Waals surface area contributed by atoms with Crippen LogP contribution in [0, 0.1) is 10.1 Å². The van der Waals surface area contributed by atoms with Crippen molar-refractivity contribution in [1.29, 1.82) is 0 Å². The van der Waals surface area contributed by atoms with Crippen LogP contribution in [0.5, 0.6) is 0 Å². The fraction of sp³-hybridized carbons (Fsp3) is 0.429. The molecule has 1 aromatic carbocycles. The standard InChI is InChI=1S/C14H18N4O5S/c19-14(17-16-11-3-1-2-4-11)9-10-15-24(22,23)13-7-5-12(6-8-13)18(20)21/h5-8,15H,1-4,9-10H2,(H,17,19). The molecule has 1 fully saturated rings. The average molecular weight is 354 g/mol. The van der Waals surface area contributed by atoms with Crippen molar-refractivity contribution in [2.75, 3.05) is 6.54 Å². The number of non-ortho nitro benzene ring substituents is 1. The van der Waals surface area contributed by atoms with Crippen LogP contribution in [0.15, 0.2) is 34.3 Å². The maximum atomic E-state index is 12.0. The lowest BCUT2D eigenvalue weighted by Gasteiger charge is -2.06. The molecular formula is C14H18N4O5S. The smallest absolute Gasteiger partial charge is 0.269 e. The number of carbonyl (C=O) groups is 1. The molecule has 2 rings (SSSR count). The number of nitro benzene ring substituents is 1. The Morgan fingerprint density at radius 1 is 1.21 bits per heavy atom. The van der Waals surface area contributed by atoms with Gasteiger partial charge in [-0.3, -0.25) is 14.9 Å². The molecule has 0 saturated heterocycles. The number of hydrogen-bond donors (Lipinski definition) is 2. The molecule has 1 aliphatic rings. The van der Waals surface area contributed by atoms with Crippen LogP contribution in [0.2, 0.25) is 0 Å². The van der Waals surface area contributed by atoms with Crippen LogP contribution in [0.3, 0.4) is 0 Å². The Labute approximate surface area is 139 Å². The van der Waals surface area contributed by atoms with Crippen molar-refractivity contribution in [2.45, 2.75) is 37.0 Å². The van der Waals surface area contributed by atoms with Gasteiger partial charge < -0.3 is 0 Å². The molecule has 1 amide bonds. The second-order valence-electron chi connectivity index (χ2n) is 5.32. The van der Waals surface area contributed by atoms with Crippen LogP contribution in [0.1, 0.15) is 32.1 Å². The number of amides is 1. The summed E-state index contributed by atoms with van der Waals surface area (Å²) in [6.45, 7) is -0.0873. The fourth-order valence-corrected chi connectivity index (χ4v) is 3.25. The number of benzene rings is 1. The third kappa shape index (κ3) is 5.10. The molecule has 1 aliphatic carbocycles. The van der Waals surface area contributed by atoms with Gasteiger partial charge in [0.15, 0.2) is 0 Å². The zero-order valence-corrected chi connectivity index (χ0v) is 13.7. The fourth-order valence-electron chi connectivity index (χ4n) is 2.22. The largest absolute Gasteiger partial charge is 0.273 e. The van der Waals surface area contributed by atoms with E-state index in [1.807, 2.05) is 0 Å². The van der Waals surface area contributed by atoms with E-state index in [2.05, 4.69) is 15.2 Å². The summed E-state index contributed by atoms with van der Waals surface area (Å²) in [6.07, 6.45) is 3.86. The van der Waals surface area contributed by atoms with E-state index in [1.54, 1.807) is 0 Å². The van der Waals surface area contributed by atoms with Crippen molar-refractivity contribution in [2.24, 2.45) is 5.10 Å². The van der Waals surface area contributed by atoms with Crippen LogP contribution in [0.25, 0.3) is 0 Å². The quantitative estimate of drug-likeness (QED) is 0.563. The van der Waals surface area contributed by atoms with Gasteiger partial charge in [-0.15, -0.1) is 0 Å². The summed E-state index contributed by atoms with van der Waals surface area (Å²) < 4.78 is 26.3. The highest BCUT2D eigenvalue weighted by Gasteiger charge is 2.16.